The Balaban J connectivity index is 1.30. The van der Waals surface area contributed by atoms with E-state index in [-0.39, 0.29) is 0 Å². The molecule has 0 aliphatic rings. The van der Waals surface area contributed by atoms with Crippen molar-refractivity contribution in [2.75, 3.05) is 0 Å². The normalized spacial score (nSPS) is 12.5. The highest BCUT2D eigenvalue weighted by molar-refractivity contribution is 6.35. The molecule has 0 amide bonds. The summed E-state index contributed by atoms with van der Waals surface area (Å²) >= 11 is 0. The minimum atomic E-state index is 0.665. The summed E-state index contributed by atoms with van der Waals surface area (Å²) in [5.41, 5.74) is 9.09. The Bertz CT molecular complexity index is 3340. The molecule has 0 saturated carbocycles. The lowest BCUT2D eigenvalue weighted by atomic mass is 10.0. The molecule has 5 nitrogen and oxygen atoms in total. The molecule has 0 aliphatic carbocycles. The Morgan fingerprint density at radius 3 is 1.96 bits per heavy atom. The van der Waals surface area contributed by atoms with Crippen molar-refractivity contribution in [3.63, 3.8) is 0 Å². The third kappa shape index (κ3) is 3.19. The van der Waals surface area contributed by atoms with Crippen LogP contribution in [0.25, 0.3) is 110 Å². The van der Waals surface area contributed by atoms with Crippen LogP contribution in [0.15, 0.2) is 150 Å². The van der Waals surface area contributed by atoms with Gasteiger partial charge in [-0.1, -0.05) is 103 Å². The number of hydrogen-bond acceptors (Lipinski definition) is 3. The standard InChI is InChI=1S/C44H24N4O/c1-2-12-26-23-27(22-21-25(26)11-1)43-45-40-31-16-6-10-20-37(31)49-42(40)44(46-43)48-35-19-9-4-14-29(35)38-36(48)24-32-28-13-3-7-17-33(28)47-34-18-8-5-15-30(34)39(38)41(32)47/h1-24H. The molecule has 0 N–H and O–H groups in total. The smallest absolute Gasteiger partial charge is 0.197 e. The van der Waals surface area contributed by atoms with E-state index in [0.717, 1.165) is 44.3 Å². The van der Waals surface area contributed by atoms with Gasteiger partial charge < -0.3 is 8.82 Å². The van der Waals surface area contributed by atoms with Crippen LogP contribution in [-0.4, -0.2) is 18.9 Å². The van der Waals surface area contributed by atoms with Gasteiger partial charge >= 0.3 is 0 Å². The fraction of sp³-hybridized carbons (Fsp3) is 0. The first-order chi connectivity index (χ1) is 24.3. The lowest BCUT2D eigenvalue weighted by Crippen LogP contribution is -2.02. The summed E-state index contributed by atoms with van der Waals surface area (Å²) in [6.07, 6.45) is 0. The average Bonchev–Trinajstić information content (AvgIpc) is 3.89. The van der Waals surface area contributed by atoms with Crippen LogP contribution >= 0.6 is 0 Å². The van der Waals surface area contributed by atoms with E-state index in [1.807, 2.05) is 18.2 Å². The molecule has 0 spiro atoms. The van der Waals surface area contributed by atoms with Crippen LogP contribution in [0, 0.1) is 0 Å². The molecule has 0 atom stereocenters. The maximum Gasteiger partial charge on any atom is 0.197 e. The first-order valence-corrected chi connectivity index (χ1v) is 16.6. The number of furan rings is 1. The molecule has 7 aromatic carbocycles. The summed E-state index contributed by atoms with van der Waals surface area (Å²) < 4.78 is 11.4. The predicted octanol–water partition coefficient (Wildman–Crippen LogP) is 11.4. The third-order valence-electron chi connectivity index (χ3n) is 10.4. The van der Waals surface area contributed by atoms with E-state index in [2.05, 4.69) is 136 Å². The van der Waals surface area contributed by atoms with Crippen LogP contribution in [0.1, 0.15) is 0 Å². The SMILES string of the molecule is c1ccc2cc(-c3nc(-n4c5ccccc5c5c6c7ccccc7n7c8ccccc8c(cc54)c67)c4oc5ccccc5c4n3)ccc2c1. The third-order valence-corrected chi connectivity index (χ3v) is 10.4. The van der Waals surface area contributed by atoms with Gasteiger partial charge in [-0.3, -0.25) is 4.57 Å². The van der Waals surface area contributed by atoms with Gasteiger partial charge in [0.2, 0.25) is 0 Å². The molecule has 0 radical (unpaired) electrons. The molecular formula is C44H24N4O. The summed E-state index contributed by atoms with van der Waals surface area (Å²) in [5, 5.41) is 10.7. The number of hydrogen-bond donors (Lipinski definition) is 0. The highest BCUT2D eigenvalue weighted by atomic mass is 16.3. The van der Waals surface area contributed by atoms with Gasteiger partial charge in [-0.05, 0) is 53.2 Å². The van der Waals surface area contributed by atoms with Crippen LogP contribution in [0.5, 0.6) is 0 Å². The fourth-order valence-electron chi connectivity index (χ4n) is 8.38. The fourth-order valence-corrected chi connectivity index (χ4v) is 8.38. The van der Waals surface area contributed by atoms with E-state index >= 15 is 0 Å². The molecule has 0 bridgehead atoms. The van der Waals surface area contributed by atoms with Crippen molar-refractivity contribution >= 4 is 92.7 Å². The van der Waals surface area contributed by atoms with Crippen LogP contribution in [-0.2, 0) is 0 Å². The van der Waals surface area contributed by atoms with Gasteiger partial charge in [0.15, 0.2) is 17.2 Å². The van der Waals surface area contributed by atoms with E-state index in [9.17, 15) is 0 Å². The second-order valence-corrected chi connectivity index (χ2v) is 13.0. The van der Waals surface area contributed by atoms with Crippen LogP contribution < -0.4 is 0 Å². The Morgan fingerprint density at radius 2 is 1.12 bits per heavy atom. The molecule has 0 unspecified atom stereocenters. The maximum atomic E-state index is 6.68. The number of benzene rings is 7. The molecule has 0 aliphatic heterocycles. The molecule has 12 rings (SSSR count). The maximum absolute atomic E-state index is 6.68. The lowest BCUT2D eigenvalue weighted by Gasteiger charge is -2.11. The number of aromatic nitrogens is 4. The van der Waals surface area contributed by atoms with Crippen LogP contribution in [0.3, 0.4) is 0 Å². The molecule has 49 heavy (non-hydrogen) atoms. The number of para-hydroxylation sites is 4. The van der Waals surface area contributed by atoms with Crippen molar-refractivity contribution in [1.29, 1.82) is 0 Å². The predicted molar refractivity (Wildman–Crippen MR) is 201 cm³/mol. The summed E-state index contributed by atoms with van der Waals surface area (Å²) in [4.78, 5) is 10.6. The molecule has 5 aromatic heterocycles. The van der Waals surface area contributed by atoms with Crippen LogP contribution in [0.4, 0.5) is 0 Å². The van der Waals surface area contributed by atoms with Gasteiger partial charge in [0.25, 0.3) is 0 Å². The van der Waals surface area contributed by atoms with Crippen LogP contribution in [0.2, 0.25) is 0 Å². The molecule has 226 valence electrons. The second-order valence-electron chi connectivity index (χ2n) is 13.0. The van der Waals surface area contributed by atoms with Gasteiger partial charge in [0.05, 0.1) is 27.6 Å². The van der Waals surface area contributed by atoms with Gasteiger partial charge in [0.1, 0.15) is 11.1 Å². The molecule has 5 heteroatoms. The Labute approximate surface area is 278 Å². The Morgan fingerprint density at radius 1 is 0.469 bits per heavy atom. The zero-order valence-electron chi connectivity index (χ0n) is 26.1. The number of rotatable bonds is 2. The van der Waals surface area contributed by atoms with Crippen molar-refractivity contribution in [1.82, 2.24) is 18.9 Å². The van der Waals surface area contributed by atoms with Crippen molar-refractivity contribution in [3.05, 3.63) is 146 Å². The monoisotopic (exact) mass is 624 g/mol. The van der Waals surface area contributed by atoms with Gasteiger partial charge in [-0.2, -0.15) is 0 Å². The largest absolute Gasteiger partial charge is 0.450 e. The van der Waals surface area contributed by atoms with Crippen molar-refractivity contribution in [2.24, 2.45) is 0 Å². The number of fused-ring (bicyclic) bond motifs is 14. The lowest BCUT2D eigenvalue weighted by molar-refractivity contribution is 0.662. The van der Waals surface area contributed by atoms with E-state index in [1.54, 1.807) is 0 Å². The van der Waals surface area contributed by atoms with E-state index < -0.39 is 0 Å². The summed E-state index contributed by atoms with van der Waals surface area (Å²) in [7, 11) is 0. The molecular weight excluding hydrogens is 601 g/mol. The van der Waals surface area contributed by atoms with Crippen molar-refractivity contribution in [2.45, 2.75) is 0 Å². The average molecular weight is 625 g/mol. The quantitative estimate of drug-likeness (QED) is 0.192. The van der Waals surface area contributed by atoms with Gasteiger partial charge in [-0.25, -0.2) is 9.97 Å². The minimum Gasteiger partial charge on any atom is -0.450 e. The zero-order valence-corrected chi connectivity index (χ0v) is 26.1. The highest BCUT2D eigenvalue weighted by Crippen LogP contribution is 2.47. The summed E-state index contributed by atoms with van der Waals surface area (Å²) in [6, 6.07) is 51.6. The van der Waals surface area contributed by atoms with Crippen molar-refractivity contribution < 1.29 is 4.42 Å². The minimum absolute atomic E-state index is 0.665. The van der Waals surface area contributed by atoms with E-state index in [4.69, 9.17) is 14.4 Å². The van der Waals surface area contributed by atoms with Crippen molar-refractivity contribution in [3.8, 4) is 17.2 Å². The molecule has 0 saturated heterocycles. The molecule has 0 fully saturated rings. The topological polar surface area (TPSA) is 48.3 Å². The first kappa shape index (κ1) is 25.4. The molecule has 12 aromatic rings. The summed E-state index contributed by atoms with van der Waals surface area (Å²) in [5.74, 6) is 1.40. The summed E-state index contributed by atoms with van der Waals surface area (Å²) in [6.45, 7) is 0. The van der Waals surface area contributed by atoms with E-state index in [1.165, 1.54) is 54.3 Å². The Kier molecular flexibility index (Phi) is 4.66. The van der Waals surface area contributed by atoms with Gasteiger partial charge in [-0.15, -0.1) is 0 Å². The highest BCUT2D eigenvalue weighted by Gasteiger charge is 2.26. The Hall–Kier alpha value is -6.72. The zero-order chi connectivity index (χ0) is 31.8. The number of nitrogens with zero attached hydrogens (tertiary/aromatic N) is 4. The van der Waals surface area contributed by atoms with E-state index in [0.29, 0.717) is 11.4 Å². The van der Waals surface area contributed by atoms with Gasteiger partial charge in [0, 0.05) is 43.3 Å². The second kappa shape index (κ2) is 9.00. The first-order valence-electron chi connectivity index (χ1n) is 16.6. The molecule has 5 heterocycles.